The summed E-state index contributed by atoms with van der Waals surface area (Å²) >= 11 is 0. The number of carboxylic acid groups (broad SMARTS) is 1. The van der Waals surface area contributed by atoms with Crippen molar-refractivity contribution in [1.29, 1.82) is 0 Å². The van der Waals surface area contributed by atoms with Crippen LogP contribution in [-0.2, 0) is 9.53 Å². The number of benzene rings is 1. The average Bonchev–Trinajstić information content (AvgIpc) is 2.43. The number of hydrogen-bond acceptors (Lipinski definition) is 4. The molecule has 0 bridgehead atoms. The molecule has 1 aromatic rings. The van der Waals surface area contributed by atoms with Crippen molar-refractivity contribution in [2.24, 2.45) is 0 Å². The molecular weight excluding hydrogens is 286 g/mol. The van der Waals surface area contributed by atoms with Crippen molar-refractivity contribution in [3.05, 3.63) is 29.3 Å². The monoisotopic (exact) mass is 300 g/mol. The lowest BCUT2D eigenvalue weighted by Gasteiger charge is -2.23. The highest BCUT2D eigenvalue weighted by Gasteiger charge is 2.20. The minimum absolute atomic E-state index is 0.0397. The van der Waals surface area contributed by atoms with Gasteiger partial charge in [-0.3, -0.25) is 4.79 Å². The van der Waals surface area contributed by atoms with E-state index in [9.17, 15) is 18.4 Å². The van der Waals surface area contributed by atoms with Crippen LogP contribution in [0.2, 0.25) is 0 Å². The molecular formula is C13H14F2N2O4. The van der Waals surface area contributed by atoms with Crippen LogP contribution in [0.25, 0.3) is 0 Å². The van der Waals surface area contributed by atoms with Gasteiger partial charge in [0.15, 0.2) is 11.6 Å². The van der Waals surface area contributed by atoms with Crippen molar-refractivity contribution in [3.63, 3.8) is 0 Å². The number of rotatable bonds is 4. The quantitative estimate of drug-likeness (QED) is 0.771. The molecule has 0 spiro atoms. The van der Waals surface area contributed by atoms with Gasteiger partial charge in [0.2, 0.25) is 5.91 Å². The van der Waals surface area contributed by atoms with Crippen molar-refractivity contribution in [3.8, 4) is 0 Å². The van der Waals surface area contributed by atoms with E-state index in [2.05, 4.69) is 10.6 Å². The Morgan fingerprint density at radius 3 is 2.71 bits per heavy atom. The van der Waals surface area contributed by atoms with Crippen LogP contribution >= 0.6 is 0 Å². The van der Waals surface area contributed by atoms with Crippen molar-refractivity contribution in [2.45, 2.75) is 12.5 Å². The molecule has 114 valence electrons. The van der Waals surface area contributed by atoms with Gasteiger partial charge in [-0.15, -0.1) is 0 Å². The molecule has 1 heterocycles. The zero-order chi connectivity index (χ0) is 15.4. The molecule has 21 heavy (non-hydrogen) atoms. The second-order valence-corrected chi connectivity index (χ2v) is 4.60. The molecule has 8 heteroatoms. The number of nitrogens with one attached hydrogen (secondary N) is 2. The lowest BCUT2D eigenvalue weighted by atomic mass is 10.1. The molecule has 2 rings (SSSR count). The molecule has 0 aliphatic carbocycles. The summed E-state index contributed by atoms with van der Waals surface area (Å²) in [4.78, 5) is 22.8. The van der Waals surface area contributed by atoms with Gasteiger partial charge in [0, 0.05) is 25.1 Å². The van der Waals surface area contributed by atoms with Gasteiger partial charge in [-0.05, 0) is 6.07 Å². The first-order valence-electron chi connectivity index (χ1n) is 6.30. The third kappa shape index (κ3) is 3.96. The minimum atomic E-state index is -1.46. The molecule has 3 N–H and O–H groups in total. The Morgan fingerprint density at radius 1 is 1.38 bits per heavy atom. The van der Waals surface area contributed by atoms with Crippen LogP contribution in [0, 0.1) is 11.6 Å². The fourth-order valence-electron chi connectivity index (χ4n) is 2.00. The average molecular weight is 300 g/mol. The number of anilines is 1. The highest BCUT2D eigenvalue weighted by atomic mass is 19.2. The van der Waals surface area contributed by atoms with E-state index >= 15 is 0 Å². The van der Waals surface area contributed by atoms with E-state index < -0.39 is 29.1 Å². The van der Waals surface area contributed by atoms with E-state index in [0.29, 0.717) is 31.9 Å². The summed E-state index contributed by atoms with van der Waals surface area (Å²) in [6.07, 6.45) is 0.0397. The second kappa shape index (κ2) is 6.59. The summed E-state index contributed by atoms with van der Waals surface area (Å²) in [5.74, 6) is -4.47. The third-order valence-electron chi connectivity index (χ3n) is 3.00. The first-order chi connectivity index (χ1) is 9.97. The summed E-state index contributed by atoms with van der Waals surface area (Å²) in [7, 11) is 0. The first kappa shape index (κ1) is 15.3. The van der Waals surface area contributed by atoms with Crippen molar-refractivity contribution in [1.82, 2.24) is 5.32 Å². The van der Waals surface area contributed by atoms with Gasteiger partial charge in [0.25, 0.3) is 0 Å². The number of carbonyl (C=O) groups excluding carboxylic acids is 1. The Kier molecular flexibility index (Phi) is 4.81. The van der Waals surface area contributed by atoms with Crippen molar-refractivity contribution >= 4 is 17.6 Å². The Morgan fingerprint density at radius 2 is 2.10 bits per heavy atom. The topological polar surface area (TPSA) is 87.7 Å². The lowest BCUT2D eigenvalue weighted by molar-refractivity contribution is -0.117. The van der Waals surface area contributed by atoms with Crippen LogP contribution in [0.5, 0.6) is 0 Å². The first-order valence-corrected chi connectivity index (χ1v) is 6.30. The van der Waals surface area contributed by atoms with Crippen LogP contribution in [0.1, 0.15) is 16.8 Å². The fourth-order valence-corrected chi connectivity index (χ4v) is 2.00. The molecule has 1 aliphatic heterocycles. The van der Waals surface area contributed by atoms with Gasteiger partial charge in [-0.25, -0.2) is 13.6 Å². The Hall–Kier alpha value is -2.06. The molecule has 6 nitrogen and oxygen atoms in total. The number of aromatic carboxylic acids is 1. The minimum Gasteiger partial charge on any atom is -0.478 e. The zero-order valence-electron chi connectivity index (χ0n) is 11.0. The molecule has 1 fully saturated rings. The standard InChI is InChI=1S/C13H14F2N2O4/c14-9-4-8(13(19)20)11(5-10(9)15)17-12(18)3-7-6-21-2-1-16-7/h4-5,7,16H,1-3,6H2,(H,17,18)(H,19,20). The number of amides is 1. The van der Waals surface area contributed by atoms with Crippen molar-refractivity contribution in [2.75, 3.05) is 25.1 Å². The fraction of sp³-hybridized carbons (Fsp3) is 0.385. The summed E-state index contributed by atoms with van der Waals surface area (Å²) in [5, 5.41) is 14.3. The van der Waals surface area contributed by atoms with E-state index in [-0.39, 0.29) is 18.2 Å². The molecule has 0 aromatic heterocycles. The number of hydrogen-bond donors (Lipinski definition) is 3. The van der Waals surface area contributed by atoms with Crippen LogP contribution in [0.4, 0.5) is 14.5 Å². The highest BCUT2D eigenvalue weighted by Crippen LogP contribution is 2.20. The summed E-state index contributed by atoms with van der Waals surface area (Å²) in [6, 6.07) is 0.994. The number of carbonyl (C=O) groups is 2. The van der Waals surface area contributed by atoms with Crippen LogP contribution in [0.15, 0.2) is 12.1 Å². The Balaban J connectivity index is 2.09. The number of ether oxygens (including phenoxy) is 1. The molecule has 1 aliphatic rings. The normalized spacial score (nSPS) is 18.3. The predicted octanol–water partition coefficient (Wildman–Crippen LogP) is 0.980. The van der Waals surface area contributed by atoms with Gasteiger partial charge in [0.1, 0.15) is 0 Å². The Labute approximate surface area is 119 Å². The largest absolute Gasteiger partial charge is 0.478 e. The molecule has 0 saturated carbocycles. The summed E-state index contributed by atoms with van der Waals surface area (Å²) in [6.45, 7) is 1.53. The van der Waals surface area contributed by atoms with Gasteiger partial charge >= 0.3 is 5.97 Å². The second-order valence-electron chi connectivity index (χ2n) is 4.60. The molecule has 1 amide bonds. The molecule has 1 atom stereocenters. The third-order valence-corrected chi connectivity index (χ3v) is 3.00. The van der Waals surface area contributed by atoms with E-state index in [1.807, 2.05) is 0 Å². The Bertz CT molecular complexity index is 559. The van der Waals surface area contributed by atoms with Gasteiger partial charge < -0.3 is 20.5 Å². The summed E-state index contributed by atoms with van der Waals surface area (Å²) in [5.41, 5.74) is -0.779. The lowest BCUT2D eigenvalue weighted by Crippen LogP contribution is -2.43. The molecule has 1 aromatic carbocycles. The van der Waals surface area contributed by atoms with Gasteiger partial charge in [-0.1, -0.05) is 0 Å². The summed E-state index contributed by atoms with van der Waals surface area (Å²) < 4.78 is 31.4. The highest BCUT2D eigenvalue weighted by molar-refractivity contribution is 6.00. The van der Waals surface area contributed by atoms with E-state index in [1.165, 1.54) is 0 Å². The smallest absolute Gasteiger partial charge is 0.337 e. The van der Waals surface area contributed by atoms with Gasteiger partial charge in [-0.2, -0.15) is 0 Å². The molecule has 1 unspecified atom stereocenters. The van der Waals surface area contributed by atoms with E-state index in [1.54, 1.807) is 0 Å². The predicted molar refractivity (Wildman–Crippen MR) is 69.2 cm³/mol. The zero-order valence-corrected chi connectivity index (χ0v) is 11.0. The van der Waals surface area contributed by atoms with E-state index in [4.69, 9.17) is 9.84 Å². The number of halogens is 2. The maximum absolute atomic E-state index is 13.2. The molecule has 0 radical (unpaired) electrons. The van der Waals surface area contributed by atoms with Crippen LogP contribution in [-0.4, -0.2) is 42.8 Å². The maximum Gasteiger partial charge on any atom is 0.337 e. The van der Waals surface area contributed by atoms with Crippen LogP contribution < -0.4 is 10.6 Å². The van der Waals surface area contributed by atoms with Gasteiger partial charge in [0.05, 0.1) is 24.5 Å². The molecule has 1 saturated heterocycles. The number of carboxylic acids is 1. The SMILES string of the molecule is O=C(CC1COCCN1)Nc1cc(F)c(F)cc1C(=O)O. The van der Waals surface area contributed by atoms with Crippen LogP contribution in [0.3, 0.4) is 0 Å². The number of morpholine rings is 1. The van der Waals surface area contributed by atoms with E-state index in [0.717, 1.165) is 0 Å². The van der Waals surface area contributed by atoms with Crippen molar-refractivity contribution < 1.29 is 28.2 Å². The maximum atomic E-state index is 13.2.